The van der Waals surface area contributed by atoms with Crippen molar-refractivity contribution < 1.29 is 28.6 Å². The van der Waals surface area contributed by atoms with Crippen LogP contribution in [-0.2, 0) is 11.8 Å². The van der Waals surface area contributed by atoms with Gasteiger partial charge in [-0.25, -0.2) is 0 Å². The normalized spacial score (nSPS) is 14.9. The average Bonchev–Trinajstić information content (AvgIpc) is 3.43. The number of carbonyl (C=O) groups excluding carboxylic acids is 3. The Morgan fingerprint density at radius 3 is 2.20 bits per heavy atom. The summed E-state index contributed by atoms with van der Waals surface area (Å²) in [6.07, 6.45) is 0. The minimum Gasteiger partial charge on any atom is -0.493 e. The smallest absolute Gasteiger partial charge is 0.269 e. The molecule has 2 unspecified atom stereocenters. The van der Waals surface area contributed by atoms with Crippen LogP contribution >= 0.6 is 0 Å². The van der Waals surface area contributed by atoms with Gasteiger partial charge in [0.15, 0.2) is 11.5 Å². The highest BCUT2D eigenvalue weighted by atomic mass is 16.5. The fourth-order valence-electron chi connectivity index (χ4n) is 5.56. The van der Waals surface area contributed by atoms with Gasteiger partial charge in [0.2, 0.25) is 5.75 Å². The number of nitrogens with one attached hydrogen (secondary N) is 2. The Morgan fingerprint density at radius 2 is 1.54 bits per heavy atom. The SMILES string of the molecule is COc1cc(C(=O)NNC(=O)C(C)N2C(=O)c3ccccc3C2c2c(C)n(C)c3ccccc23)cc(OC)c1OC. The van der Waals surface area contributed by atoms with E-state index in [1.807, 2.05) is 56.4 Å². The van der Waals surface area contributed by atoms with Crippen molar-refractivity contribution in [2.45, 2.75) is 25.9 Å². The lowest BCUT2D eigenvalue weighted by molar-refractivity contribution is -0.126. The standard InChI is InChI=1S/C31H32N4O6/c1-17-26(22-13-9-10-14-23(22)34(17)3)27-20-11-7-8-12-21(20)31(38)35(27)18(2)29(36)32-33-30(37)19-15-24(39-4)28(41-6)25(16-19)40-5/h7-16,18,27H,1-6H3,(H,32,36)(H,33,37). The Hall–Kier alpha value is -4.99. The number of para-hydroxylation sites is 1. The van der Waals surface area contributed by atoms with Crippen molar-refractivity contribution in [3.63, 3.8) is 0 Å². The molecule has 0 fully saturated rings. The molecule has 2 heterocycles. The molecular weight excluding hydrogens is 524 g/mol. The third-order valence-electron chi connectivity index (χ3n) is 7.74. The molecule has 1 aliphatic rings. The maximum absolute atomic E-state index is 13.8. The Balaban J connectivity index is 1.44. The summed E-state index contributed by atoms with van der Waals surface area (Å²) in [6, 6.07) is 17.0. The first-order valence-electron chi connectivity index (χ1n) is 13.1. The van der Waals surface area contributed by atoms with Gasteiger partial charge in [-0.05, 0) is 43.7 Å². The van der Waals surface area contributed by atoms with Crippen molar-refractivity contribution in [2.24, 2.45) is 7.05 Å². The summed E-state index contributed by atoms with van der Waals surface area (Å²) in [7, 11) is 6.35. The molecule has 1 aliphatic heterocycles. The van der Waals surface area contributed by atoms with Crippen molar-refractivity contribution >= 4 is 28.6 Å². The lowest BCUT2D eigenvalue weighted by Crippen LogP contribution is -2.52. The van der Waals surface area contributed by atoms with Crippen molar-refractivity contribution in [1.29, 1.82) is 0 Å². The van der Waals surface area contributed by atoms with Gasteiger partial charge in [-0.3, -0.25) is 25.2 Å². The van der Waals surface area contributed by atoms with Gasteiger partial charge in [0.05, 0.1) is 27.4 Å². The summed E-state index contributed by atoms with van der Waals surface area (Å²) in [5.74, 6) is -0.462. The van der Waals surface area contributed by atoms with Gasteiger partial charge in [0.1, 0.15) is 6.04 Å². The average molecular weight is 557 g/mol. The lowest BCUT2D eigenvalue weighted by atomic mass is 9.95. The van der Waals surface area contributed by atoms with Crippen LogP contribution in [0.25, 0.3) is 10.9 Å². The van der Waals surface area contributed by atoms with Gasteiger partial charge in [-0.2, -0.15) is 0 Å². The number of ether oxygens (including phenoxy) is 3. The molecule has 0 bridgehead atoms. The van der Waals surface area contributed by atoms with Crippen LogP contribution in [-0.4, -0.2) is 54.6 Å². The second kappa shape index (κ2) is 10.9. The summed E-state index contributed by atoms with van der Waals surface area (Å²) in [5.41, 5.74) is 9.48. The molecular formula is C31H32N4O6. The van der Waals surface area contributed by atoms with Gasteiger partial charge >= 0.3 is 0 Å². The second-order valence-electron chi connectivity index (χ2n) is 9.81. The number of methoxy groups -OCH3 is 3. The first-order valence-corrected chi connectivity index (χ1v) is 13.1. The van der Waals surface area contributed by atoms with Crippen LogP contribution in [0.2, 0.25) is 0 Å². The van der Waals surface area contributed by atoms with Crippen LogP contribution in [0.1, 0.15) is 50.5 Å². The molecule has 212 valence electrons. The quantitative estimate of drug-likeness (QED) is 0.334. The molecule has 3 aromatic carbocycles. The summed E-state index contributed by atoms with van der Waals surface area (Å²) in [6.45, 7) is 3.67. The number of fused-ring (bicyclic) bond motifs is 2. The Bertz CT molecular complexity index is 1650. The molecule has 0 saturated carbocycles. The van der Waals surface area contributed by atoms with E-state index in [4.69, 9.17) is 14.2 Å². The molecule has 0 spiro atoms. The van der Waals surface area contributed by atoms with E-state index < -0.39 is 23.9 Å². The lowest BCUT2D eigenvalue weighted by Gasteiger charge is -2.31. The number of amides is 3. The van der Waals surface area contributed by atoms with Gasteiger partial charge in [-0.15, -0.1) is 0 Å². The third kappa shape index (κ3) is 4.51. The van der Waals surface area contributed by atoms with Crippen LogP contribution in [0, 0.1) is 6.92 Å². The van der Waals surface area contributed by atoms with Crippen LogP contribution in [0.15, 0.2) is 60.7 Å². The number of hydrogen-bond donors (Lipinski definition) is 2. The molecule has 5 rings (SSSR count). The predicted octanol–water partition coefficient (Wildman–Crippen LogP) is 3.91. The highest BCUT2D eigenvalue weighted by molar-refractivity contribution is 6.04. The summed E-state index contributed by atoms with van der Waals surface area (Å²) < 4.78 is 18.0. The van der Waals surface area contributed by atoms with E-state index in [0.717, 1.165) is 27.7 Å². The summed E-state index contributed by atoms with van der Waals surface area (Å²) >= 11 is 0. The first-order chi connectivity index (χ1) is 19.7. The minimum absolute atomic E-state index is 0.182. The monoisotopic (exact) mass is 556 g/mol. The third-order valence-corrected chi connectivity index (χ3v) is 7.74. The highest BCUT2D eigenvalue weighted by Crippen LogP contribution is 2.44. The zero-order valence-electron chi connectivity index (χ0n) is 23.8. The molecule has 2 atom stereocenters. The second-order valence-corrected chi connectivity index (χ2v) is 9.81. The van der Waals surface area contributed by atoms with Gasteiger partial charge in [0, 0.05) is 40.3 Å². The van der Waals surface area contributed by atoms with E-state index in [2.05, 4.69) is 15.4 Å². The number of nitrogens with zero attached hydrogens (tertiary/aromatic N) is 2. The van der Waals surface area contributed by atoms with E-state index in [0.29, 0.717) is 22.8 Å². The zero-order chi connectivity index (χ0) is 29.4. The predicted molar refractivity (Wildman–Crippen MR) is 153 cm³/mol. The molecule has 10 nitrogen and oxygen atoms in total. The van der Waals surface area contributed by atoms with Crippen LogP contribution in [0.3, 0.4) is 0 Å². The number of rotatable bonds is 7. The fraction of sp³-hybridized carbons (Fsp3) is 0.258. The highest BCUT2D eigenvalue weighted by Gasteiger charge is 2.44. The number of hydrazine groups is 1. The van der Waals surface area contributed by atoms with Gasteiger partial charge in [0.25, 0.3) is 17.7 Å². The molecule has 1 aromatic heterocycles. The van der Waals surface area contributed by atoms with Crippen molar-refractivity contribution in [1.82, 2.24) is 20.3 Å². The molecule has 10 heteroatoms. The Labute approximate surface area is 237 Å². The molecule has 0 saturated heterocycles. The van der Waals surface area contributed by atoms with E-state index in [1.165, 1.54) is 33.5 Å². The fourth-order valence-corrected chi connectivity index (χ4v) is 5.56. The van der Waals surface area contributed by atoms with Crippen LogP contribution in [0.4, 0.5) is 0 Å². The zero-order valence-corrected chi connectivity index (χ0v) is 23.8. The van der Waals surface area contributed by atoms with Gasteiger partial charge < -0.3 is 23.7 Å². The molecule has 0 aliphatic carbocycles. The minimum atomic E-state index is -0.918. The Morgan fingerprint density at radius 1 is 0.902 bits per heavy atom. The van der Waals surface area contributed by atoms with Crippen molar-refractivity contribution in [3.05, 3.63) is 88.6 Å². The van der Waals surface area contributed by atoms with Crippen molar-refractivity contribution in [3.8, 4) is 17.2 Å². The molecule has 0 radical (unpaired) electrons. The van der Waals surface area contributed by atoms with Crippen LogP contribution in [0.5, 0.6) is 17.2 Å². The van der Waals surface area contributed by atoms with E-state index in [1.54, 1.807) is 17.9 Å². The largest absolute Gasteiger partial charge is 0.493 e. The molecule has 4 aromatic rings. The number of aromatic nitrogens is 1. The number of hydrogen-bond acceptors (Lipinski definition) is 6. The Kier molecular flexibility index (Phi) is 7.32. The number of carbonyl (C=O) groups is 3. The summed E-state index contributed by atoms with van der Waals surface area (Å²) in [4.78, 5) is 41.8. The van der Waals surface area contributed by atoms with Crippen molar-refractivity contribution in [2.75, 3.05) is 21.3 Å². The molecule has 41 heavy (non-hydrogen) atoms. The van der Waals surface area contributed by atoms with E-state index in [9.17, 15) is 14.4 Å². The van der Waals surface area contributed by atoms with E-state index >= 15 is 0 Å². The van der Waals surface area contributed by atoms with E-state index in [-0.39, 0.29) is 11.5 Å². The van der Waals surface area contributed by atoms with Crippen LogP contribution < -0.4 is 25.1 Å². The molecule has 2 N–H and O–H groups in total. The topological polar surface area (TPSA) is 111 Å². The maximum atomic E-state index is 13.8. The van der Waals surface area contributed by atoms with Gasteiger partial charge in [-0.1, -0.05) is 36.4 Å². The maximum Gasteiger partial charge on any atom is 0.269 e. The molecule has 3 amide bonds. The number of aryl methyl sites for hydroxylation is 1. The number of benzene rings is 3. The first kappa shape index (κ1) is 27.6. The summed E-state index contributed by atoms with van der Waals surface area (Å²) in [5, 5.41) is 1.01.